The number of aliphatic imine (C=N–C) groups is 2. The number of amides is 7. The normalized spacial score (nSPS) is 12.1. The topological polar surface area (TPSA) is 461 Å². The number of hydrazone groups is 1. The van der Waals surface area contributed by atoms with Gasteiger partial charge in [-0.1, -0.05) is 170 Å². The van der Waals surface area contributed by atoms with Crippen molar-refractivity contribution in [3.05, 3.63) is 288 Å². The lowest BCUT2D eigenvalue weighted by atomic mass is 9.76. The summed E-state index contributed by atoms with van der Waals surface area (Å²) in [5.41, 5.74) is 12.8. The van der Waals surface area contributed by atoms with Crippen molar-refractivity contribution in [2.75, 3.05) is 87.4 Å². The quantitative estimate of drug-likeness (QED) is 0.00265. The Morgan fingerprint density at radius 2 is 1.12 bits per heavy atom. The fourth-order valence-electron chi connectivity index (χ4n) is 14.5. The van der Waals surface area contributed by atoms with E-state index in [1.54, 1.807) is 126 Å². The highest BCUT2D eigenvalue weighted by Gasteiger charge is 2.38. The number of nitrogens with zero attached hydrogens (tertiary/aromatic N) is 7. The van der Waals surface area contributed by atoms with Crippen LogP contribution in [0.3, 0.4) is 0 Å². The molecule has 150 heavy (non-hydrogen) atoms. The molecule has 0 saturated carbocycles. The smallest absolute Gasteiger partial charge is 0.323 e. The van der Waals surface area contributed by atoms with Gasteiger partial charge < -0.3 is 94.3 Å². The summed E-state index contributed by atoms with van der Waals surface area (Å²) < 4.78 is 16.0. The van der Waals surface area contributed by atoms with Gasteiger partial charge in [0.1, 0.15) is 45.9 Å². The number of aliphatic hydroxyl groups excluding tert-OH is 2. The number of rotatable bonds is 33. The van der Waals surface area contributed by atoms with Crippen LogP contribution < -0.4 is 56.2 Å². The van der Waals surface area contributed by atoms with Gasteiger partial charge in [0.25, 0.3) is 23.6 Å². The van der Waals surface area contributed by atoms with Crippen LogP contribution in [0.25, 0.3) is 0 Å². The first kappa shape index (κ1) is 123. The van der Waals surface area contributed by atoms with Gasteiger partial charge in [-0.15, -0.1) is 9.44 Å². The fraction of sp³-hybridized carbons (Fsp3) is 0.310. The fourth-order valence-corrected chi connectivity index (χ4v) is 16.1. The van der Waals surface area contributed by atoms with Crippen LogP contribution in [0, 0.1) is 72.6 Å². The maximum atomic E-state index is 14.0. The number of hydrogen-bond donors (Lipinski definition) is 14. The number of ether oxygens (including phenoxy) is 2. The largest absolute Gasteiger partial charge is 0.508 e. The first-order chi connectivity index (χ1) is 70.3. The Bertz CT molecular complexity index is 6730. The number of aliphatic hydroxyl groups is 2. The molecule has 0 bridgehead atoms. The molecular weight excluding hydrogens is 2020 g/mol. The van der Waals surface area contributed by atoms with Crippen molar-refractivity contribution < 1.29 is 93.4 Å². The molecule has 32 nitrogen and oxygen atoms in total. The summed E-state index contributed by atoms with van der Waals surface area (Å²) in [6.07, 6.45) is 1.10. The van der Waals surface area contributed by atoms with Gasteiger partial charge in [0.2, 0.25) is 0 Å². The predicted molar refractivity (Wildman–Crippen MR) is 600 cm³/mol. The average Bonchev–Trinajstić information content (AvgIpc) is 1.64. The molecule has 11 aromatic rings. The lowest BCUT2D eigenvalue weighted by molar-refractivity contribution is -0.432. The van der Waals surface area contributed by atoms with E-state index in [-0.39, 0.29) is 139 Å². The van der Waals surface area contributed by atoms with Gasteiger partial charge in [0.15, 0.2) is 35.8 Å². The maximum Gasteiger partial charge on any atom is 0.323 e. The van der Waals surface area contributed by atoms with Crippen LogP contribution in [0.15, 0.2) is 214 Å². The molecule has 1 heterocycles. The number of Topliss-reactive ketones (excluding diaryl/α,β-unsaturated/α-hetero) is 1. The van der Waals surface area contributed by atoms with Crippen LogP contribution in [-0.4, -0.2) is 152 Å². The van der Waals surface area contributed by atoms with Crippen molar-refractivity contribution in [3.8, 4) is 46.3 Å². The molecule has 0 spiro atoms. The monoisotopic (exact) mass is 2150 g/mol. The number of aryl methyl sites for hydroxylation is 7. The van der Waals surface area contributed by atoms with Crippen molar-refractivity contribution >= 4 is 174 Å². The Morgan fingerprint density at radius 3 is 1.67 bits per heavy atom. The number of hydrogen-bond acceptors (Lipinski definition) is 26. The number of carbonyl (C=O) groups is 7. The first-order valence-corrected chi connectivity index (χ1v) is 50.0. The lowest BCUT2D eigenvalue weighted by Crippen LogP contribution is -2.37. The van der Waals surface area contributed by atoms with Crippen LogP contribution in [0.1, 0.15) is 187 Å². The molecular formula is C113H132Cl4N13O19S-. The summed E-state index contributed by atoms with van der Waals surface area (Å²) in [6.45, 7) is 42.9. The minimum atomic E-state index is -0.791. The number of benzene rings is 11. The molecule has 1 aliphatic heterocycles. The zero-order chi connectivity index (χ0) is 110. The molecule has 0 fully saturated rings. The predicted octanol–water partition coefficient (Wildman–Crippen LogP) is 24.9. The SMILES string of the molecule is CC(C)c1cc(O)c(SOOO)cc1O.CCN(CCO)c1ccc(N=C(C(=O)Nc2cc(C)ccc2Cl)C(=O)C(C)(C)C)c(C)c1.CCN(CCO)c1ccc(N=C2C(=O)N(c3c(Cl)cc(Cl)cc3Cl)N=C2NC(=O)c2cccc(NC(=O)COc3ccc(C(C)(C)CC)cc3C(C)(C)CC)c2)c(C)c1.Cc1cc(O)c(C)cc1O.Cc1ccc(OC(C)C(=O)Nc2ccc(NC(=O)Nc3ccc(C#N)cc3)c(O)c2)c(C)c1.[CH3-]. The van der Waals surface area contributed by atoms with E-state index in [0.717, 1.165) is 69.2 Å². The van der Waals surface area contributed by atoms with Crippen LogP contribution in [0.4, 0.5) is 61.7 Å². The number of nitriles is 1. The van der Waals surface area contributed by atoms with Crippen LogP contribution in [0.5, 0.6) is 40.2 Å². The second kappa shape index (κ2) is 56.4. The molecule has 0 aliphatic carbocycles. The van der Waals surface area contributed by atoms with E-state index in [2.05, 4.69) is 110 Å². The summed E-state index contributed by atoms with van der Waals surface area (Å²) >= 11 is 26.0. The zero-order valence-electron chi connectivity index (χ0n) is 88.1. The van der Waals surface area contributed by atoms with Gasteiger partial charge in [-0.3, -0.25) is 28.8 Å². The van der Waals surface area contributed by atoms with Gasteiger partial charge >= 0.3 is 11.9 Å². The van der Waals surface area contributed by atoms with Gasteiger partial charge in [0.05, 0.1) is 79.6 Å². The molecule has 0 radical (unpaired) electrons. The maximum absolute atomic E-state index is 14.0. The second-order valence-electron chi connectivity index (χ2n) is 37.5. The van der Waals surface area contributed by atoms with Gasteiger partial charge in [-0.2, -0.15) is 10.3 Å². The number of anilines is 8. The van der Waals surface area contributed by atoms with E-state index in [0.29, 0.717) is 105 Å². The Morgan fingerprint density at radius 1 is 0.547 bits per heavy atom. The van der Waals surface area contributed by atoms with E-state index < -0.39 is 41.2 Å². The number of likely N-dealkylation sites (N-methyl/N-ethyl adjacent to an activating group) is 2. The molecule has 14 N–H and O–H groups in total. The Balaban J connectivity index is 0.000000283. The standard InChI is InChI=1S/C45H51Cl3N6O5.C25H32ClN3O3.C25H24N4O4.C9H12O5S.C8H10O2.CH3/c1-9-44(5,6)29-15-18-37(33(23-29)45(7,8)10-2)59-26-38(56)49-31-14-12-13-28(22-31)42(57)51-41-39(43(58)54(52-41)40-34(47)24-30(46)25-35(40)48)50-36-17-16-32(21-27(36)4)53(11-3)19-20-55;1-7-29(12-13-30)18-9-11-20(17(3)15-18)27-22(23(31)25(4,5)6)24(32)28-21-14-16(2)8-10-19(21)26;1-15-4-11-23(16(2)12-15)33-17(3)24(31)27-20-9-10-21(22(30)13-20)29-25(32)28-19-7-5-18(14-26)6-8-19;1-5(2)6-3-8(11)9(4-7(6)10)15-14-13-12;1-5-3-8(10)6(2)4-7(5)9;/h12-18,21-25,55H,9-11,19-20,26H2,1-8H3,(H,49,56)(H,51,52,57);8-11,14-15,30H,7,12-13H2,1-6H3,(H,28,32);4-13,17,30H,1-3H3,(H,27,31)(H2,28,29,32);3-5,10-12H,1-2H3;3-4,9-10H,1-2H3;1H3/q;;;;;-1. The molecule has 7 amide bonds. The third-order valence-electron chi connectivity index (χ3n) is 24.0. The van der Waals surface area contributed by atoms with Gasteiger partial charge in [-0.25, -0.2) is 20.0 Å². The third kappa shape index (κ3) is 34.7. The Hall–Kier alpha value is -14.3. The molecule has 37 heteroatoms. The molecule has 1 unspecified atom stereocenters. The summed E-state index contributed by atoms with van der Waals surface area (Å²) in [5.74, 6) is -1.58. The third-order valence-corrected chi connectivity index (χ3v) is 25.8. The summed E-state index contributed by atoms with van der Waals surface area (Å²) in [4.78, 5) is 105. The Labute approximate surface area is 900 Å². The summed E-state index contributed by atoms with van der Waals surface area (Å²) in [7, 11) is 0. The second-order valence-corrected chi connectivity index (χ2v) is 39.9. The van der Waals surface area contributed by atoms with Crippen molar-refractivity contribution in [1.82, 2.24) is 5.32 Å². The zero-order valence-corrected chi connectivity index (χ0v) is 92.0. The molecule has 798 valence electrons. The van der Waals surface area contributed by atoms with E-state index in [4.69, 9.17) is 76.6 Å². The molecule has 1 atom stereocenters. The van der Waals surface area contributed by atoms with Gasteiger partial charge in [-0.05, 0) is 289 Å². The average molecular weight is 2150 g/mol. The number of amidine groups is 1. The molecule has 1 aliphatic rings. The molecule has 0 aromatic heterocycles. The number of carbonyl (C=O) groups excluding carboxylic acids is 7. The first-order valence-electron chi connectivity index (χ1n) is 47.8. The van der Waals surface area contributed by atoms with Crippen LogP contribution in [0.2, 0.25) is 20.1 Å². The molecule has 0 saturated heterocycles. The number of phenolic OH excluding ortho intramolecular Hbond substituents is 5. The van der Waals surface area contributed by atoms with Crippen molar-refractivity contribution in [1.29, 1.82) is 5.26 Å². The van der Waals surface area contributed by atoms with Gasteiger partial charge in [0, 0.05) is 87.8 Å². The minimum absolute atomic E-state index is 0. The van der Waals surface area contributed by atoms with E-state index in [1.165, 1.54) is 48.0 Å². The van der Waals surface area contributed by atoms with E-state index >= 15 is 0 Å². The van der Waals surface area contributed by atoms with Crippen LogP contribution in [-0.2, 0) is 44.2 Å². The van der Waals surface area contributed by atoms with Crippen molar-refractivity contribution in [3.63, 3.8) is 0 Å². The number of urea groups is 1. The van der Waals surface area contributed by atoms with Crippen molar-refractivity contribution in [2.24, 2.45) is 20.5 Å². The summed E-state index contributed by atoms with van der Waals surface area (Å²) in [5, 5.41) is 109. The molecule has 12 rings (SSSR count). The highest BCUT2D eigenvalue weighted by atomic mass is 35.5. The number of aromatic hydroxyl groups is 5. The number of phenols is 5. The number of halogens is 4. The summed E-state index contributed by atoms with van der Waals surface area (Å²) in [6, 6.07) is 55.5. The Kier molecular flexibility index (Phi) is 46.1. The van der Waals surface area contributed by atoms with Crippen LogP contribution >= 0.6 is 58.4 Å². The van der Waals surface area contributed by atoms with Crippen molar-refractivity contribution in [2.45, 2.75) is 186 Å². The van der Waals surface area contributed by atoms with E-state index in [1.807, 2.05) is 133 Å². The number of nitrogens with one attached hydrogen (secondary N) is 6. The van der Waals surface area contributed by atoms with E-state index in [9.17, 15) is 59.1 Å². The molecule has 11 aromatic carbocycles. The highest BCUT2D eigenvalue weighted by Crippen LogP contribution is 2.43. The number of ketones is 1. The minimum Gasteiger partial charge on any atom is -0.508 e. The lowest BCUT2D eigenvalue weighted by Gasteiger charge is -2.30. The highest BCUT2D eigenvalue weighted by molar-refractivity contribution is 7.94.